The Morgan fingerprint density at radius 2 is 1.38 bits per heavy atom. The number of fused-ring (bicyclic) bond motifs is 1. The molecular formula is C30H37N5O7. The monoisotopic (exact) mass is 579 g/mol. The van der Waals surface area contributed by atoms with Gasteiger partial charge in [-0.2, -0.15) is 0 Å². The van der Waals surface area contributed by atoms with Gasteiger partial charge >= 0.3 is 11.9 Å². The topological polar surface area (TPSA) is 204 Å². The Morgan fingerprint density at radius 3 is 2.02 bits per heavy atom. The molecule has 8 N–H and O–H groups in total. The van der Waals surface area contributed by atoms with Gasteiger partial charge in [0, 0.05) is 23.5 Å². The van der Waals surface area contributed by atoms with Gasteiger partial charge in [-0.15, -0.1) is 0 Å². The summed E-state index contributed by atoms with van der Waals surface area (Å²) >= 11 is 0. The maximum absolute atomic E-state index is 13.5. The first kappa shape index (κ1) is 31.8. The Hall–Kier alpha value is -4.71. The number of hydrogen-bond donors (Lipinski definition) is 7. The van der Waals surface area contributed by atoms with E-state index in [0.29, 0.717) is 5.56 Å². The Balaban J connectivity index is 1.82. The van der Waals surface area contributed by atoms with Gasteiger partial charge in [0.15, 0.2) is 0 Å². The number of amides is 3. The Bertz CT molecular complexity index is 1410. The van der Waals surface area contributed by atoms with Crippen molar-refractivity contribution in [2.45, 2.75) is 63.7 Å². The summed E-state index contributed by atoms with van der Waals surface area (Å²) in [5.74, 6) is -5.03. The van der Waals surface area contributed by atoms with E-state index in [1.807, 2.05) is 68.4 Å². The van der Waals surface area contributed by atoms with Crippen molar-refractivity contribution in [1.82, 2.24) is 20.9 Å². The number of benzene rings is 2. The number of carboxylic acids is 2. The molecule has 12 nitrogen and oxygen atoms in total. The number of hydrogen-bond acceptors (Lipinski definition) is 6. The number of aromatic amines is 1. The summed E-state index contributed by atoms with van der Waals surface area (Å²) in [5.41, 5.74) is 8.45. The van der Waals surface area contributed by atoms with Gasteiger partial charge in [0.2, 0.25) is 17.7 Å². The Morgan fingerprint density at radius 1 is 0.786 bits per heavy atom. The van der Waals surface area contributed by atoms with Crippen LogP contribution in [0.4, 0.5) is 0 Å². The van der Waals surface area contributed by atoms with E-state index in [1.165, 1.54) is 0 Å². The fourth-order valence-electron chi connectivity index (χ4n) is 4.59. The molecule has 42 heavy (non-hydrogen) atoms. The van der Waals surface area contributed by atoms with E-state index in [1.54, 1.807) is 6.20 Å². The van der Waals surface area contributed by atoms with Crippen molar-refractivity contribution >= 4 is 40.6 Å². The van der Waals surface area contributed by atoms with Crippen LogP contribution in [0, 0.1) is 5.92 Å². The first-order valence-electron chi connectivity index (χ1n) is 13.6. The number of carboxylic acid groups (broad SMARTS) is 2. The minimum atomic E-state index is -1.71. The van der Waals surface area contributed by atoms with Gasteiger partial charge in [0.05, 0.1) is 12.5 Å². The summed E-state index contributed by atoms with van der Waals surface area (Å²) in [6.07, 6.45) is 1.30. The van der Waals surface area contributed by atoms with Crippen LogP contribution in [0.1, 0.15) is 37.8 Å². The average molecular weight is 580 g/mol. The third-order valence-corrected chi connectivity index (χ3v) is 6.70. The number of carbonyl (C=O) groups is 5. The SMILES string of the molecule is CC(C)CC(NC(=O)C(N)Cc1ccccc1)C(=O)NC(Cc1c[nH]c2ccccc12)C(=O)NC(CC(=O)O)C(=O)O. The molecule has 0 saturated carbocycles. The summed E-state index contributed by atoms with van der Waals surface area (Å²) in [5, 5.41) is 26.9. The van der Waals surface area contributed by atoms with Crippen LogP contribution < -0.4 is 21.7 Å². The quantitative estimate of drug-likeness (QED) is 0.140. The third-order valence-electron chi connectivity index (χ3n) is 6.70. The predicted octanol–water partition coefficient (Wildman–Crippen LogP) is 1.34. The fraction of sp³-hybridized carbons (Fsp3) is 0.367. The van der Waals surface area contributed by atoms with Crippen LogP contribution in [0.25, 0.3) is 10.9 Å². The van der Waals surface area contributed by atoms with E-state index < -0.39 is 60.2 Å². The van der Waals surface area contributed by atoms with Crippen molar-refractivity contribution in [3.05, 3.63) is 71.9 Å². The van der Waals surface area contributed by atoms with Crippen molar-refractivity contribution in [2.24, 2.45) is 11.7 Å². The number of H-pyrrole nitrogens is 1. The van der Waals surface area contributed by atoms with Gasteiger partial charge in [-0.25, -0.2) is 4.79 Å². The van der Waals surface area contributed by atoms with E-state index >= 15 is 0 Å². The summed E-state index contributed by atoms with van der Waals surface area (Å²) in [6.45, 7) is 3.74. The lowest BCUT2D eigenvalue weighted by molar-refractivity contribution is -0.147. The van der Waals surface area contributed by atoms with Crippen molar-refractivity contribution in [2.75, 3.05) is 0 Å². The highest BCUT2D eigenvalue weighted by Crippen LogP contribution is 2.19. The van der Waals surface area contributed by atoms with Gasteiger partial charge < -0.3 is 36.9 Å². The molecule has 0 spiro atoms. The maximum atomic E-state index is 13.5. The summed E-state index contributed by atoms with van der Waals surface area (Å²) in [4.78, 5) is 65.7. The van der Waals surface area contributed by atoms with Crippen molar-refractivity contribution in [1.29, 1.82) is 0 Å². The van der Waals surface area contributed by atoms with E-state index in [4.69, 9.17) is 10.8 Å². The zero-order chi connectivity index (χ0) is 30.8. The summed E-state index contributed by atoms with van der Waals surface area (Å²) in [7, 11) is 0. The van der Waals surface area contributed by atoms with Crippen LogP contribution in [-0.4, -0.2) is 69.0 Å². The van der Waals surface area contributed by atoms with Gasteiger partial charge in [-0.1, -0.05) is 62.4 Å². The van der Waals surface area contributed by atoms with Crippen LogP contribution in [0.3, 0.4) is 0 Å². The lowest BCUT2D eigenvalue weighted by Gasteiger charge is -2.26. The molecule has 1 aromatic heterocycles. The second-order valence-electron chi connectivity index (χ2n) is 10.6. The van der Waals surface area contributed by atoms with Crippen LogP contribution in [0.2, 0.25) is 0 Å². The predicted molar refractivity (Wildman–Crippen MR) is 155 cm³/mol. The molecule has 3 amide bonds. The third kappa shape index (κ3) is 9.16. The summed E-state index contributed by atoms with van der Waals surface area (Å²) < 4.78 is 0. The number of aliphatic carboxylic acids is 2. The highest BCUT2D eigenvalue weighted by atomic mass is 16.4. The highest BCUT2D eigenvalue weighted by molar-refractivity contribution is 5.95. The van der Waals surface area contributed by atoms with Crippen molar-refractivity contribution in [3.8, 4) is 0 Å². The van der Waals surface area contributed by atoms with Gasteiger partial charge in [-0.05, 0) is 36.0 Å². The van der Waals surface area contributed by atoms with Crippen LogP contribution in [-0.2, 0) is 36.8 Å². The zero-order valence-corrected chi connectivity index (χ0v) is 23.5. The molecule has 0 radical (unpaired) electrons. The molecule has 0 aliphatic carbocycles. The second kappa shape index (κ2) is 14.8. The van der Waals surface area contributed by atoms with Gasteiger partial charge in [-0.3, -0.25) is 19.2 Å². The fourth-order valence-corrected chi connectivity index (χ4v) is 4.59. The summed E-state index contributed by atoms with van der Waals surface area (Å²) in [6, 6.07) is 11.6. The molecule has 224 valence electrons. The average Bonchev–Trinajstić information content (AvgIpc) is 3.34. The standard InChI is InChI=1S/C30H37N5O7/c1-17(2)12-23(33-27(38)21(31)13-18-8-4-3-5-9-18)28(39)34-24(29(40)35-25(30(41)42)15-26(36)37)14-19-16-32-22-11-7-6-10-20(19)22/h3-11,16-17,21,23-25,32H,12-15,31H2,1-2H3,(H,33,38)(H,34,39)(H,35,40)(H,36,37)(H,41,42). The van der Waals surface area contributed by atoms with Gasteiger partial charge in [0.25, 0.3) is 0 Å². The molecule has 4 unspecified atom stereocenters. The zero-order valence-electron chi connectivity index (χ0n) is 23.5. The molecule has 0 saturated heterocycles. The Kier molecular flexibility index (Phi) is 11.2. The molecule has 4 atom stereocenters. The Labute approximate surface area is 243 Å². The molecule has 0 bridgehead atoms. The number of nitrogens with two attached hydrogens (primary N) is 1. The van der Waals surface area contributed by atoms with E-state index in [0.717, 1.165) is 16.5 Å². The van der Waals surface area contributed by atoms with E-state index in [2.05, 4.69) is 20.9 Å². The largest absolute Gasteiger partial charge is 0.481 e. The molecule has 2 aromatic carbocycles. The molecule has 0 aliphatic rings. The second-order valence-corrected chi connectivity index (χ2v) is 10.6. The molecule has 12 heteroatoms. The lowest BCUT2D eigenvalue weighted by atomic mass is 9.99. The molecule has 0 aliphatic heterocycles. The van der Waals surface area contributed by atoms with E-state index in [-0.39, 0.29) is 25.2 Å². The number of aromatic nitrogens is 1. The molecular weight excluding hydrogens is 542 g/mol. The highest BCUT2D eigenvalue weighted by Gasteiger charge is 2.32. The van der Waals surface area contributed by atoms with Crippen molar-refractivity contribution < 1.29 is 34.2 Å². The molecule has 3 rings (SSSR count). The van der Waals surface area contributed by atoms with Crippen LogP contribution in [0.15, 0.2) is 60.8 Å². The smallest absolute Gasteiger partial charge is 0.326 e. The number of carbonyl (C=O) groups excluding carboxylic acids is 3. The molecule has 0 fully saturated rings. The first-order chi connectivity index (χ1) is 19.9. The minimum absolute atomic E-state index is 0.0146. The number of rotatable bonds is 15. The molecule has 1 heterocycles. The van der Waals surface area contributed by atoms with Crippen LogP contribution >= 0.6 is 0 Å². The lowest BCUT2D eigenvalue weighted by Crippen LogP contribution is -2.58. The van der Waals surface area contributed by atoms with Crippen LogP contribution in [0.5, 0.6) is 0 Å². The minimum Gasteiger partial charge on any atom is -0.481 e. The molecule has 3 aromatic rings. The normalized spacial score (nSPS) is 14.0. The van der Waals surface area contributed by atoms with E-state index in [9.17, 15) is 29.1 Å². The number of para-hydroxylation sites is 1. The van der Waals surface area contributed by atoms with Gasteiger partial charge in [0.1, 0.15) is 18.1 Å². The maximum Gasteiger partial charge on any atom is 0.326 e. The first-order valence-corrected chi connectivity index (χ1v) is 13.6. The van der Waals surface area contributed by atoms with Crippen molar-refractivity contribution in [3.63, 3.8) is 0 Å². The number of nitrogens with one attached hydrogen (secondary N) is 4.